The number of hydrogen-bond acceptors (Lipinski definition) is 7. The maximum atomic E-state index is 12.2. The molecule has 9 nitrogen and oxygen atoms in total. The number of rotatable bonds is 3. The fraction of sp³-hybridized carbons (Fsp3) is 0.214. The molecule has 1 aromatic heterocycles. The van der Waals surface area contributed by atoms with Crippen molar-refractivity contribution in [3.63, 3.8) is 0 Å². The van der Waals surface area contributed by atoms with Crippen molar-refractivity contribution in [3.8, 4) is 0 Å². The van der Waals surface area contributed by atoms with Gasteiger partial charge < -0.3 is 10.1 Å². The molecule has 0 bridgehead atoms. The number of carbonyl (C=O) groups excluding carboxylic acids is 1. The Hall–Kier alpha value is -3.23. The Morgan fingerprint density at radius 1 is 1.52 bits per heavy atom. The molecule has 0 saturated carbocycles. The first-order valence-corrected chi connectivity index (χ1v) is 6.70. The number of esters is 1. The zero-order valence-electron chi connectivity index (χ0n) is 12.2. The summed E-state index contributed by atoms with van der Waals surface area (Å²) >= 11 is 0. The van der Waals surface area contributed by atoms with Crippen LogP contribution in [0, 0.1) is 16.0 Å². The first-order valence-electron chi connectivity index (χ1n) is 6.70. The van der Waals surface area contributed by atoms with E-state index in [9.17, 15) is 14.9 Å². The van der Waals surface area contributed by atoms with Gasteiger partial charge in [0.25, 0.3) is 5.69 Å². The molecule has 1 aliphatic heterocycles. The number of benzene rings is 1. The molecule has 118 valence electrons. The fourth-order valence-electron chi connectivity index (χ4n) is 2.65. The van der Waals surface area contributed by atoms with E-state index in [0.717, 1.165) is 0 Å². The summed E-state index contributed by atoms with van der Waals surface area (Å²) in [5.74, 6) is -0.886. The molecule has 1 aromatic carbocycles. The predicted molar refractivity (Wildman–Crippen MR) is 79.5 cm³/mol. The van der Waals surface area contributed by atoms with Crippen molar-refractivity contribution in [3.05, 3.63) is 58.5 Å². The van der Waals surface area contributed by atoms with Gasteiger partial charge in [-0.05, 0) is 5.56 Å². The van der Waals surface area contributed by atoms with Crippen LogP contribution in [0.1, 0.15) is 11.6 Å². The Balaban J connectivity index is 2.16. The quantitative estimate of drug-likeness (QED) is 0.519. The molecule has 0 radical (unpaired) electrons. The third-order valence-corrected chi connectivity index (χ3v) is 3.68. The number of fused-ring (bicyclic) bond motifs is 1. The largest absolute Gasteiger partial charge is 0.468 e. The molecule has 0 amide bonds. The third kappa shape index (κ3) is 2.41. The van der Waals surface area contributed by atoms with Crippen molar-refractivity contribution in [2.45, 2.75) is 6.04 Å². The SMILES string of the molecule is C=C1Nc2ncnn2C(c2cccc([N+](=O)[O-])c2)C1C(=O)OC. The number of non-ortho nitro benzene ring substituents is 1. The summed E-state index contributed by atoms with van der Waals surface area (Å²) in [4.78, 5) is 26.8. The van der Waals surface area contributed by atoms with Gasteiger partial charge >= 0.3 is 5.97 Å². The molecule has 2 aromatic rings. The summed E-state index contributed by atoms with van der Waals surface area (Å²) in [5, 5.41) is 18.0. The van der Waals surface area contributed by atoms with Gasteiger partial charge in [-0.2, -0.15) is 10.1 Å². The Kier molecular flexibility index (Phi) is 3.53. The minimum Gasteiger partial charge on any atom is -0.468 e. The monoisotopic (exact) mass is 315 g/mol. The highest BCUT2D eigenvalue weighted by Crippen LogP contribution is 2.38. The summed E-state index contributed by atoms with van der Waals surface area (Å²) in [6, 6.07) is 5.41. The van der Waals surface area contributed by atoms with E-state index in [0.29, 0.717) is 17.2 Å². The van der Waals surface area contributed by atoms with Gasteiger partial charge in [0, 0.05) is 17.8 Å². The standard InChI is InChI=1S/C14H13N5O4/c1-8-11(13(20)23-2)12(18-14(17-8)15-7-16-18)9-4-3-5-10(6-9)19(21)22/h3-7,11-12H,1H2,2H3,(H,15,16,17). The number of nitro groups is 1. The molecule has 0 fully saturated rings. The van der Waals surface area contributed by atoms with Crippen molar-refractivity contribution in [2.24, 2.45) is 5.92 Å². The number of hydrogen-bond donors (Lipinski definition) is 1. The molecule has 9 heteroatoms. The molecule has 23 heavy (non-hydrogen) atoms. The molecule has 0 spiro atoms. The Labute approximate surface area is 130 Å². The lowest BCUT2D eigenvalue weighted by Crippen LogP contribution is -2.37. The van der Waals surface area contributed by atoms with E-state index in [1.807, 2.05) is 0 Å². The maximum absolute atomic E-state index is 12.2. The van der Waals surface area contributed by atoms with Crippen LogP contribution in [0.3, 0.4) is 0 Å². The topological polar surface area (TPSA) is 112 Å². The molecule has 1 aliphatic rings. The Morgan fingerprint density at radius 3 is 3.00 bits per heavy atom. The van der Waals surface area contributed by atoms with Crippen LogP contribution in [0.15, 0.2) is 42.9 Å². The van der Waals surface area contributed by atoms with Crippen molar-refractivity contribution in [1.29, 1.82) is 0 Å². The van der Waals surface area contributed by atoms with Gasteiger partial charge in [-0.25, -0.2) is 4.68 Å². The predicted octanol–water partition coefficient (Wildman–Crippen LogP) is 1.50. The molecular weight excluding hydrogens is 302 g/mol. The van der Waals surface area contributed by atoms with Crippen molar-refractivity contribution in [1.82, 2.24) is 14.8 Å². The second kappa shape index (κ2) is 5.52. The lowest BCUT2D eigenvalue weighted by Gasteiger charge is -2.32. The molecule has 2 unspecified atom stereocenters. The second-order valence-corrected chi connectivity index (χ2v) is 4.98. The summed E-state index contributed by atoms with van der Waals surface area (Å²) < 4.78 is 6.34. The normalized spacial score (nSPS) is 19.6. The minimum atomic E-state index is -0.781. The summed E-state index contributed by atoms with van der Waals surface area (Å²) in [6.45, 7) is 3.85. The average Bonchev–Trinajstić information content (AvgIpc) is 3.00. The number of carbonyl (C=O) groups is 1. The number of aromatic nitrogens is 3. The molecule has 2 atom stereocenters. The van der Waals surface area contributed by atoms with Crippen LogP contribution < -0.4 is 5.32 Å². The number of nitrogens with zero attached hydrogens (tertiary/aromatic N) is 4. The fourth-order valence-corrected chi connectivity index (χ4v) is 2.65. The first-order chi connectivity index (χ1) is 11.0. The number of methoxy groups -OCH3 is 1. The Morgan fingerprint density at radius 2 is 2.30 bits per heavy atom. The van der Waals surface area contributed by atoms with E-state index in [1.54, 1.807) is 12.1 Å². The van der Waals surface area contributed by atoms with E-state index in [1.165, 1.54) is 30.3 Å². The maximum Gasteiger partial charge on any atom is 0.317 e. The molecule has 2 heterocycles. The van der Waals surface area contributed by atoms with E-state index in [4.69, 9.17) is 4.74 Å². The van der Waals surface area contributed by atoms with E-state index in [-0.39, 0.29) is 5.69 Å². The zero-order chi connectivity index (χ0) is 16.6. The number of anilines is 1. The molecule has 0 saturated heterocycles. The van der Waals surface area contributed by atoms with Gasteiger partial charge in [0.15, 0.2) is 0 Å². The van der Waals surface area contributed by atoms with E-state index < -0.39 is 22.9 Å². The third-order valence-electron chi connectivity index (χ3n) is 3.68. The molecule has 0 aliphatic carbocycles. The van der Waals surface area contributed by atoms with Crippen LogP contribution in [0.2, 0.25) is 0 Å². The van der Waals surface area contributed by atoms with Crippen LogP contribution in [-0.4, -0.2) is 32.8 Å². The summed E-state index contributed by atoms with van der Waals surface area (Å²) in [6.07, 6.45) is 1.33. The van der Waals surface area contributed by atoms with Gasteiger partial charge in [0.2, 0.25) is 5.95 Å². The van der Waals surface area contributed by atoms with Gasteiger partial charge in [-0.3, -0.25) is 14.9 Å². The average molecular weight is 315 g/mol. The second-order valence-electron chi connectivity index (χ2n) is 4.98. The van der Waals surface area contributed by atoms with Crippen molar-refractivity contribution in [2.75, 3.05) is 12.4 Å². The number of nitrogens with one attached hydrogen (secondary N) is 1. The van der Waals surface area contributed by atoms with Crippen molar-refractivity contribution < 1.29 is 14.5 Å². The van der Waals surface area contributed by atoms with Crippen LogP contribution in [0.25, 0.3) is 0 Å². The first kappa shape index (κ1) is 14.7. The minimum absolute atomic E-state index is 0.0723. The van der Waals surface area contributed by atoms with Crippen LogP contribution in [0.5, 0.6) is 0 Å². The van der Waals surface area contributed by atoms with Gasteiger partial charge in [0.1, 0.15) is 12.2 Å². The number of ether oxygens (including phenoxy) is 1. The Bertz CT molecular complexity index is 800. The molecule has 3 rings (SSSR count). The lowest BCUT2D eigenvalue weighted by atomic mass is 9.89. The van der Waals surface area contributed by atoms with Crippen LogP contribution in [-0.2, 0) is 9.53 Å². The van der Waals surface area contributed by atoms with Crippen LogP contribution in [0.4, 0.5) is 11.6 Å². The number of nitro benzene ring substituents is 1. The zero-order valence-corrected chi connectivity index (χ0v) is 12.2. The highest BCUT2D eigenvalue weighted by Gasteiger charge is 2.40. The highest BCUT2D eigenvalue weighted by atomic mass is 16.6. The van der Waals surface area contributed by atoms with Gasteiger partial charge in [-0.1, -0.05) is 18.7 Å². The summed E-state index contributed by atoms with van der Waals surface area (Å²) in [7, 11) is 1.27. The van der Waals surface area contributed by atoms with E-state index >= 15 is 0 Å². The van der Waals surface area contributed by atoms with Gasteiger partial charge in [-0.15, -0.1) is 0 Å². The van der Waals surface area contributed by atoms with Crippen molar-refractivity contribution >= 4 is 17.6 Å². The van der Waals surface area contributed by atoms with E-state index in [2.05, 4.69) is 22.0 Å². The summed E-state index contributed by atoms with van der Waals surface area (Å²) in [5.41, 5.74) is 0.870. The lowest BCUT2D eigenvalue weighted by molar-refractivity contribution is -0.384. The highest BCUT2D eigenvalue weighted by molar-refractivity contribution is 5.78. The molecule has 1 N–H and O–H groups in total. The van der Waals surface area contributed by atoms with Crippen LogP contribution >= 0.6 is 0 Å². The molecular formula is C14H13N5O4. The van der Waals surface area contributed by atoms with Gasteiger partial charge in [0.05, 0.1) is 18.1 Å². The smallest absolute Gasteiger partial charge is 0.317 e.